The van der Waals surface area contributed by atoms with E-state index in [2.05, 4.69) is 9.88 Å². The monoisotopic (exact) mass is 403 g/mol. The first-order valence-electron chi connectivity index (χ1n) is 10.5. The van der Waals surface area contributed by atoms with Gasteiger partial charge in [-0.3, -0.25) is 23.6 Å². The molecule has 2 aliphatic heterocycles. The van der Waals surface area contributed by atoms with Crippen molar-refractivity contribution >= 4 is 17.1 Å². The predicted octanol–water partition coefficient (Wildman–Crippen LogP) is 0.772. The smallest absolute Gasteiger partial charge is 0.332 e. The number of imidazole rings is 1. The molecule has 0 spiro atoms. The molecule has 2 fully saturated rings. The fraction of sp³-hybridized carbons (Fsp3) is 0.700. The summed E-state index contributed by atoms with van der Waals surface area (Å²) in [5.41, 5.74) is 0.198. The number of carbonyl (C=O) groups is 1. The highest BCUT2D eigenvalue weighted by Crippen LogP contribution is 2.36. The summed E-state index contributed by atoms with van der Waals surface area (Å²) in [4.78, 5) is 43.3. The molecule has 158 valence electrons. The summed E-state index contributed by atoms with van der Waals surface area (Å²) in [5.74, 6) is -0.0864. The van der Waals surface area contributed by atoms with Crippen molar-refractivity contribution in [2.75, 3.05) is 6.54 Å². The Kier molecular flexibility index (Phi) is 5.33. The van der Waals surface area contributed by atoms with Gasteiger partial charge in [-0.05, 0) is 19.3 Å². The van der Waals surface area contributed by atoms with Gasteiger partial charge in [-0.15, -0.1) is 0 Å². The predicted molar refractivity (Wildman–Crippen MR) is 108 cm³/mol. The van der Waals surface area contributed by atoms with Crippen molar-refractivity contribution in [1.29, 1.82) is 0 Å². The van der Waals surface area contributed by atoms with Crippen LogP contribution in [0.5, 0.6) is 0 Å². The molecule has 9 nitrogen and oxygen atoms in total. The van der Waals surface area contributed by atoms with Crippen LogP contribution in [0.1, 0.15) is 45.4 Å². The maximum absolute atomic E-state index is 12.6. The van der Waals surface area contributed by atoms with Crippen molar-refractivity contribution in [3.63, 3.8) is 0 Å². The number of fused-ring (bicyclic) bond motifs is 3. The van der Waals surface area contributed by atoms with E-state index in [1.807, 2.05) is 11.5 Å². The lowest BCUT2D eigenvalue weighted by molar-refractivity contribution is -0.152. The van der Waals surface area contributed by atoms with Gasteiger partial charge >= 0.3 is 11.7 Å². The number of hydrogen-bond acceptors (Lipinski definition) is 6. The molecule has 2 bridgehead atoms. The van der Waals surface area contributed by atoms with Gasteiger partial charge in [0.1, 0.15) is 6.10 Å². The highest BCUT2D eigenvalue weighted by atomic mass is 16.5. The van der Waals surface area contributed by atoms with Crippen LogP contribution in [-0.4, -0.2) is 54.3 Å². The molecule has 29 heavy (non-hydrogen) atoms. The molecule has 0 aliphatic carbocycles. The van der Waals surface area contributed by atoms with Gasteiger partial charge in [0.2, 0.25) is 0 Å². The van der Waals surface area contributed by atoms with Gasteiger partial charge < -0.3 is 9.30 Å². The van der Waals surface area contributed by atoms with Crippen LogP contribution >= 0.6 is 0 Å². The van der Waals surface area contributed by atoms with Crippen LogP contribution in [-0.2, 0) is 30.2 Å². The van der Waals surface area contributed by atoms with Gasteiger partial charge in [0.15, 0.2) is 11.2 Å². The molecule has 0 amide bonds. The van der Waals surface area contributed by atoms with Crippen molar-refractivity contribution in [3.8, 4) is 0 Å². The average molecular weight is 403 g/mol. The van der Waals surface area contributed by atoms with E-state index in [4.69, 9.17) is 4.74 Å². The molecule has 2 unspecified atom stereocenters. The Morgan fingerprint density at radius 3 is 2.48 bits per heavy atom. The number of hydrogen-bond donors (Lipinski definition) is 0. The Hall–Kier alpha value is -2.42. The first-order chi connectivity index (χ1) is 13.9. The molecule has 9 heteroatoms. The number of aromatic nitrogens is 4. The molecule has 2 aromatic heterocycles. The Bertz CT molecular complexity index is 1020. The zero-order valence-electron chi connectivity index (χ0n) is 17.3. The molecule has 0 N–H and O–H groups in total. The van der Waals surface area contributed by atoms with E-state index in [9.17, 15) is 14.4 Å². The third-order valence-corrected chi connectivity index (χ3v) is 6.41. The molecule has 0 radical (unpaired) electrons. The van der Waals surface area contributed by atoms with Crippen molar-refractivity contribution in [2.45, 2.75) is 70.2 Å². The van der Waals surface area contributed by atoms with Crippen molar-refractivity contribution in [3.05, 3.63) is 27.2 Å². The Balaban J connectivity index is 1.46. The molecule has 0 saturated carbocycles. The van der Waals surface area contributed by atoms with E-state index in [0.29, 0.717) is 36.2 Å². The number of ether oxygens (including phenoxy) is 1. The number of carbonyl (C=O) groups excluding carboxylic acids is 1. The topological polar surface area (TPSA) is 91.4 Å². The molecular weight excluding hydrogens is 374 g/mol. The van der Waals surface area contributed by atoms with E-state index in [1.54, 1.807) is 13.4 Å². The number of piperidine rings is 1. The highest BCUT2D eigenvalue weighted by molar-refractivity contribution is 5.70. The van der Waals surface area contributed by atoms with Crippen LogP contribution in [0, 0.1) is 0 Å². The maximum Gasteiger partial charge on any atom is 0.332 e. The molecule has 2 aromatic rings. The van der Waals surface area contributed by atoms with Crippen LogP contribution in [0.25, 0.3) is 11.2 Å². The van der Waals surface area contributed by atoms with E-state index in [0.717, 1.165) is 43.2 Å². The normalized spacial score (nSPS) is 24.3. The third kappa shape index (κ3) is 3.52. The molecule has 2 atom stereocenters. The zero-order chi connectivity index (χ0) is 20.7. The zero-order valence-corrected chi connectivity index (χ0v) is 17.3. The summed E-state index contributed by atoms with van der Waals surface area (Å²) in [6, 6.07) is 0.824. The third-order valence-electron chi connectivity index (χ3n) is 6.41. The lowest BCUT2D eigenvalue weighted by atomic mass is 9.99. The molecule has 2 saturated heterocycles. The second-order valence-corrected chi connectivity index (χ2v) is 8.27. The summed E-state index contributed by atoms with van der Waals surface area (Å²) < 4.78 is 10.1. The van der Waals surface area contributed by atoms with Crippen LogP contribution in [0.15, 0.2) is 15.9 Å². The number of nitrogens with zero attached hydrogens (tertiary/aromatic N) is 5. The minimum Gasteiger partial charge on any atom is -0.462 e. The lowest BCUT2D eigenvalue weighted by Crippen LogP contribution is -2.47. The Labute approximate surface area is 168 Å². The summed E-state index contributed by atoms with van der Waals surface area (Å²) in [6.07, 6.45) is 6.97. The lowest BCUT2D eigenvalue weighted by Gasteiger charge is -2.38. The number of rotatable bonds is 6. The van der Waals surface area contributed by atoms with E-state index >= 15 is 0 Å². The molecule has 4 rings (SSSR count). The quantitative estimate of drug-likeness (QED) is 0.662. The summed E-state index contributed by atoms with van der Waals surface area (Å²) >= 11 is 0. The maximum atomic E-state index is 12.6. The van der Waals surface area contributed by atoms with Gasteiger partial charge in [0.05, 0.1) is 6.33 Å². The molecular formula is C20H29N5O4. The van der Waals surface area contributed by atoms with Crippen LogP contribution in [0.2, 0.25) is 0 Å². The highest BCUT2D eigenvalue weighted by Gasteiger charge is 2.41. The van der Waals surface area contributed by atoms with Crippen molar-refractivity contribution < 1.29 is 9.53 Å². The number of aryl methyl sites for hydroxylation is 1. The standard InChI is InChI=1S/C20H29N5O4/c1-4-5-16(26)29-15-10-13-6-7-14(11-15)25(13)9-8-24-12-21-18-17(24)19(27)23(3)20(28)22(18)2/h12-15H,4-11H2,1-3H3. The fourth-order valence-electron chi connectivity index (χ4n) is 4.92. The van der Waals surface area contributed by atoms with Gasteiger partial charge in [-0.1, -0.05) is 6.92 Å². The van der Waals surface area contributed by atoms with E-state index in [1.165, 1.54) is 11.6 Å². The minimum atomic E-state index is -0.370. The van der Waals surface area contributed by atoms with Gasteiger partial charge in [0.25, 0.3) is 5.56 Å². The van der Waals surface area contributed by atoms with E-state index in [-0.39, 0.29) is 23.3 Å². The summed E-state index contributed by atoms with van der Waals surface area (Å²) in [5, 5.41) is 0. The molecule has 2 aliphatic rings. The Morgan fingerprint density at radius 1 is 1.14 bits per heavy atom. The van der Waals surface area contributed by atoms with Crippen molar-refractivity contribution in [1.82, 2.24) is 23.6 Å². The van der Waals surface area contributed by atoms with E-state index < -0.39 is 0 Å². The summed E-state index contributed by atoms with van der Waals surface area (Å²) in [7, 11) is 3.12. The molecule has 4 heterocycles. The van der Waals surface area contributed by atoms with Crippen LogP contribution in [0.4, 0.5) is 0 Å². The first-order valence-corrected chi connectivity index (χ1v) is 10.5. The summed E-state index contributed by atoms with van der Waals surface area (Å²) in [6.45, 7) is 3.43. The fourth-order valence-corrected chi connectivity index (χ4v) is 4.92. The second-order valence-electron chi connectivity index (χ2n) is 8.27. The number of esters is 1. The largest absolute Gasteiger partial charge is 0.462 e. The average Bonchev–Trinajstić information content (AvgIpc) is 3.21. The SMILES string of the molecule is CCCC(=O)OC1CC2CCC(C1)N2CCn1cnc2c1c(=O)n(C)c(=O)n2C. The molecule has 0 aromatic carbocycles. The van der Waals surface area contributed by atoms with Crippen molar-refractivity contribution in [2.24, 2.45) is 14.1 Å². The second kappa shape index (κ2) is 7.78. The van der Waals surface area contributed by atoms with Gasteiger partial charge in [-0.25, -0.2) is 9.78 Å². The van der Waals surface area contributed by atoms with Gasteiger partial charge in [0, 0.05) is 58.5 Å². The van der Waals surface area contributed by atoms with Crippen LogP contribution < -0.4 is 11.2 Å². The van der Waals surface area contributed by atoms with Crippen LogP contribution in [0.3, 0.4) is 0 Å². The van der Waals surface area contributed by atoms with Gasteiger partial charge in [-0.2, -0.15) is 0 Å². The minimum absolute atomic E-state index is 0.0266. The Morgan fingerprint density at radius 2 is 1.83 bits per heavy atom. The first kappa shape index (κ1) is 19.9.